The van der Waals surface area contributed by atoms with Crippen LogP contribution in [0.25, 0.3) is 0 Å². The number of nitro groups is 1. The average molecular weight is 360 g/mol. The maximum atomic E-state index is 12.3. The Kier molecular flexibility index (Phi) is 5.64. The van der Waals surface area contributed by atoms with Crippen molar-refractivity contribution in [3.05, 3.63) is 44.8 Å². The number of hydrogen-bond donors (Lipinski definition) is 2. The van der Waals surface area contributed by atoms with Crippen molar-refractivity contribution in [3.8, 4) is 5.75 Å². The van der Waals surface area contributed by atoms with Crippen molar-refractivity contribution in [2.75, 3.05) is 5.32 Å². The minimum Gasteiger partial charge on any atom is -0.508 e. The van der Waals surface area contributed by atoms with Crippen molar-refractivity contribution in [2.24, 2.45) is 0 Å². The number of hydrogen-bond acceptors (Lipinski definition) is 5. The smallest absolute Gasteiger partial charge is 0.312 e. The van der Waals surface area contributed by atoms with Gasteiger partial charge in [-0.05, 0) is 49.9 Å². The average Bonchev–Trinajstić information content (AvgIpc) is 2.81. The fraction of sp³-hybridized carbons (Fsp3) is 0.444. The van der Waals surface area contributed by atoms with Crippen molar-refractivity contribution in [2.45, 2.75) is 53.5 Å². The number of phenols is 1. The molecule has 2 aromatic rings. The first-order chi connectivity index (χ1) is 12.1. The van der Waals surface area contributed by atoms with Crippen LogP contribution >= 0.6 is 0 Å². The Morgan fingerprint density at radius 3 is 2.54 bits per heavy atom. The number of anilines is 1. The number of rotatable bonds is 6. The molecule has 0 aliphatic carbocycles. The van der Waals surface area contributed by atoms with Crippen LogP contribution in [0.3, 0.4) is 0 Å². The number of nitrogens with one attached hydrogen (secondary N) is 1. The second kappa shape index (κ2) is 7.55. The normalized spacial score (nSPS) is 11.0. The zero-order chi connectivity index (χ0) is 19.6. The van der Waals surface area contributed by atoms with Crippen LogP contribution in [0, 0.1) is 30.9 Å². The first kappa shape index (κ1) is 19.4. The Morgan fingerprint density at radius 1 is 1.35 bits per heavy atom. The van der Waals surface area contributed by atoms with Crippen LogP contribution in [0.15, 0.2) is 12.1 Å². The number of amides is 1. The molecule has 0 aliphatic rings. The topological polar surface area (TPSA) is 110 Å². The molecular weight excluding hydrogens is 336 g/mol. The number of aromatic nitrogens is 2. The molecule has 1 amide bonds. The van der Waals surface area contributed by atoms with E-state index in [0.717, 1.165) is 11.1 Å². The largest absolute Gasteiger partial charge is 0.508 e. The number of carbonyl (C=O) groups is 1. The molecule has 8 heteroatoms. The van der Waals surface area contributed by atoms with Crippen molar-refractivity contribution in [1.82, 2.24) is 9.78 Å². The summed E-state index contributed by atoms with van der Waals surface area (Å²) in [7, 11) is 0. The molecule has 0 spiro atoms. The van der Waals surface area contributed by atoms with Gasteiger partial charge in [-0.2, -0.15) is 5.10 Å². The van der Waals surface area contributed by atoms with Gasteiger partial charge in [-0.1, -0.05) is 13.8 Å². The van der Waals surface area contributed by atoms with Gasteiger partial charge in [0.2, 0.25) is 5.91 Å². The molecule has 2 N–H and O–H groups in total. The lowest BCUT2D eigenvalue weighted by molar-refractivity contribution is -0.386. The van der Waals surface area contributed by atoms with Gasteiger partial charge in [-0.15, -0.1) is 0 Å². The molecule has 0 fully saturated rings. The summed E-state index contributed by atoms with van der Waals surface area (Å²) in [5, 5.41) is 28.0. The lowest BCUT2D eigenvalue weighted by atomic mass is 9.99. The van der Waals surface area contributed by atoms with Gasteiger partial charge >= 0.3 is 5.69 Å². The predicted octanol–water partition coefficient (Wildman–Crippen LogP) is 3.57. The molecule has 0 unspecified atom stereocenters. The van der Waals surface area contributed by atoms with Crippen LogP contribution in [-0.2, 0) is 11.3 Å². The van der Waals surface area contributed by atoms with Gasteiger partial charge in [0.1, 0.15) is 17.1 Å². The summed E-state index contributed by atoms with van der Waals surface area (Å²) in [4.78, 5) is 22.9. The lowest BCUT2D eigenvalue weighted by Gasteiger charge is -2.14. The number of carbonyl (C=O) groups excluding carboxylic acids is 1. The molecule has 0 bridgehead atoms. The molecule has 1 aromatic carbocycles. The summed E-state index contributed by atoms with van der Waals surface area (Å²) in [6.07, 6.45) is 0.135. The minimum absolute atomic E-state index is 0.0126. The fourth-order valence-electron chi connectivity index (χ4n) is 2.90. The summed E-state index contributed by atoms with van der Waals surface area (Å²) in [6.45, 7) is 9.19. The van der Waals surface area contributed by atoms with Crippen LogP contribution in [0.2, 0.25) is 0 Å². The number of benzene rings is 1. The van der Waals surface area contributed by atoms with Crippen LogP contribution in [-0.4, -0.2) is 25.7 Å². The molecule has 26 heavy (non-hydrogen) atoms. The zero-order valence-corrected chi connectivity index (χ0v) is 15.7. The maximum Gasteiger partial charge on any atom is 0.312 e. The van der Waals surface area contributed by atoms with Crippen LogP contribution in [0.1, 0.15) is 48.7 Å². The quantitative estimate of drug-likeness (QED) is 0.465. The number of aromatic hydroxyl groups is 1. The lowest BCUT2D eigenvalue weighted by Crippen LogP contribution is -2.16. The molecule has 1 aromatic heterocycles. The van der Waals surface area contributed by atoms with Gasteiger partial charge in [0.15, 0.2) is 0 Å². The van der Waals surface area contributed by atoms with Gasteiger partial charge in [0, 0.05) is 12.1 Å². The zero-order valence-electron chi connectivity index (χ0n) is 15.7. The highest BCUT2D eigenvalue weighted by Crippen LogP contribution is 2.31. The van der Waals surface area contributed by atoms with Crippen molar-refractivity contribution >= 4 is 17.3 Å². The SMILES string of the molecule is Cc1cc(O)c(C(C)C)cc1NC(=O)CCn1nc(C)c([N+](=O)[O-])c1C. The molecular formula is C18H24N4O4. The van der Waals surface area contributed by atoms with Crippen molar-refractivity contribution in [3.63, 3.8) is 0 Å². The van der Waals surface area contributed by atoms with Gasteiger partial charge in [-0.25, -0.2) is 0 Å². The van der Waals surface area contributed by atoms with Gasteiger partial charge in [0.25, 0.3) is 0 Å². The van der Waals surface area contributed by atoms with Crippen LogP contribution in [0.4, 0.5) is 11.4 Å². The third-order valence-corrected chi connectivity index (χ3v) is 4.35. The fourth-order valence-corrected chi connectivity index (χ4v) is 2.90. The highest BCUT2D eigenvalue weighted by molar-refractivity contribution is 5.91. The molecule has 8 nitrogen and oxygen atoms in total. The Labute approximate surface area is 152 Å². The van der Waals surface area contributed by atoms with E-state index in [4.69, 9.17) is 0 Å². The predicted molar refractivity (Wildman–Crippen MR) is 98.5 cm³/mol. The van der Waals surface area contributed by atoms with Crippen molar-refractivity contribution in [1.29, 1.82) is 0 Å². The van der Waals surface area contributed by atoms with E-state index in [0.29, 0.717) is 17.1 Å². The number of nitrogens with zero attached hydrogens (tertiary/aromatic N) is 3. The summed E-state index contributed by atoms with van der Waals surface area (Å²) in [6, 6.07) is 3.41. The molecule has 2 rings (SSSR count). The van der Waals surface area contributed by atoms with E-state index in [1.165, 1.54) is 4.68 Å². The number of phenolic OH excluding ortho intramolecular Hbond substituents is 1. The van der Waals surface area contributed by atoms with E-state index in [2.05, 4.69) is 10.4 Å². The van der Waals surface area contributed by atoms with Crippen LogP contribution in [0.5, 0.6) is 5.75 Å². The highest BCUT2D eigenvalue weighted by Gasteiger charge is 2.22. The van der Waals surface area contributed by atoms with Gasteiger partial charge in [0.05, 0.1) is 11.5 Å². The van der Waals surface area contributed by atoms with E-state index in [9.17, 15) is 20.0 Å². The Bertz CT molecular complexity index is 855. The van der Waals surface area contributed by atoms with E-state index in [1.807, 2.05) is 20.8 Å². The molecule has 0 saturated carbocycles. The monoisotopic (exact) mass is 360 g/mol. The Hall–Kier alpha value is -2.90. The van der Waals surface area contributed by atoms with Gasteiger partial charge < -0.3 is 10.4 Å². The third kappa shape index (κ3) is 4.01. The Balaban J connectivity index is 2.10. The summed E-state index contributed by atoms with van der Waals surface area (Å²) in [5.74, 6) is 0.121. The molecule has 0 saturated heterocycles. The standard InChI is InChI=1S/C18H24N4O4/c1-10(2)14-9-15(11(3)8-16(14)23)19-17(24)6-7-21-13(5)18(22(25)26)12(4)20-21/h8-10,23H,6-7H2,1-5H3,(H,19,24). The molecule has 0 radical (unpaired) electrons. The minimum atomic E-state index is -0.457. The second-order valence-corrected chi connectivity index (χ2v) is 6.68. The second-order valence-electron chi connectivity index (χ2n) is 6.68. The summed E-state index contributed by atoms with van der Waals surface area (Å²) < 4.78 is 1.48. The summed E-state index contributed by atoms with van der Waals surface area (Å²) >= 11 is 0. The molecule has 140 valence electrons. The van der Waals surface area contributed by atoms with E-state index in [-0.39, 0.29) is 36.2 Å². The maximum absolute atomic E-state index is 12.3. The first-order valence-corrected chi connectivity index (χ1v) is 8.43. The summed E-state index contributed by atoms with van der Waals surface area (Å²) in [5.41, 5.74) is 2.94. The third-order valence-electron chi connectivity index (χ3n) is 4.35. The van der Waals surface area contributed by atoms with Crippen LogP contribution < -0.4 is 5.32 Å². The first-order valence-electron chi connectivity index (χ1n) is 8.43. The Morgan fingerprint density at radius 2 is 2.00 bits per heavy atom. The highest BCUT2D eigenvalue weighted by atomic mass is 16.6. The van der Waals surface area contributed by atoms with Crippen molar-refractivity contribution < 1.29 is 14.8 Å². The number of aryl methyl sites for hydroxylation is 3. The molecule has 1 heterocycles. The van der Waals surface area contributed by atoms with E-state index >= 15 is 0 Å². The molecule has 0 atom stereocenters. The van der Waals surface area contributed by atoms with Gasteiger partial charge in [-0.3, -0.25) is 19.6 Å². The molecule has 0 aliphatic heterocycles. The van der Waals surface area contributed by atoms with E-state index < -0.39 is 4.92 Å². The van der Waals surface area contributed by atoms with E-state index in [1.54, 1.807) is 26.0 Å².